The topological polar surface area (TPSA) is 124 Å². The largest absolute Gasteiger partial charge is 0.496 e. The van der Waals surface area contributed by atoms with E-state index in [0.29, 0.717) is 35.7 Å². The van der Waals surface area contributed by atoms with Gasteiger partial charge in [0.05, 0.1) is 31.5 Å². The summed E-state index contributed by atoms with van der Waals surface area (Å²) in [6.07, 6.45) is 0.692. The van der Waals surface area contributed by atoms with Crippen LogP contribution in [0.15, 0.2) is 30.6 Å². The number of amides is 1. The lowest BCUT2D eigenvalue weighted by Gasteiger charge is -2.45. The van der Waals surface area contributed by atoms with E-state index in [1.807, 2.05) is 20.8 Å². The number of nitrogen functional groups attached to an aromatic ring is 1. The second-order valence-electron chi connectivity index (χ2n) is 11.8. The molecule has 1 amide bonds. The van der Waals surface area contributed by atoms with Gasteiger partial charge >= 0.3 is 12.3 Å². The van der Waals surface area contributed by atoms with Gasteiger partial charge in [0.15, 0.2) is 0 Å². The van der Waals surface area contributed by atoms with Crippen molar-refractivity contribution in [2.75, 3.05) is 25.9 Å². The summed E-state index contributed by atoms with van der Waals surface area (Å²) in [7, 11) is 1.39. The molecule has 1 saturated carbocycles. The molecule has 2 N–H and O–H groups in total. The van der Waals surface area contributed by atoms with Gasteiger partial charge in [-0.2, -0.15) is 28.6 Å². The van der Waals surface area contributed by atoms with Crippen LogP contribution in [0.2, 0.25) is 0 Å². The summed E-state index contributed by atoms with van der Waals surface area (Å²) in [5.74, 6) is 0.550. The summed E-state index contributed by atoms with van der Waals surface area (Å²) < 4.78 is 53.7. The predicted octanol–water partition coefficient (Wildman–Crippen LogP) is 5.24. The summed E-state index contributed by atoms with van der Waals surface area (Å²) in [6, 6.07) is 5.39. The molecule has 0 unspecified atom stereocenters. The van der Waals surface area contributed by atoms with Gasteiger partial charge in [-0.15, -0.1) is 0 Å². The van der Waals surface area contributed by atoms with Gasteiger partial charge in [-0.05, 0) is 63.6 Å². The number of nitrogens with zero attached hydrogens (tertiary/aromatic N) is 6. The molecule has 1 saturated heterocycles. The minimum absolute atomic E-state index is 0.0183. The van der Waals surface area contributed by atoms with Crippen molar-refractivity contribution in [1.29, 1.82) is 5.26 Å². The molecule has 0 atom stereocenters. The van der Waals surface area contributed by atoms with Crippen LogP contribution in [0.1, 0.15) is 62.8 Å². The van der Waals surface area contributed by atoms with Crippen LogP contribution in [0.5, 0.6) is 5.75 Å². The fourth-order valence-corrected chi connectivity index (χ4v) is 5.73. The molecule has 2 fully saturated rings. The molecule has 1 aliphatic carbocycles. The average molecular weight is 572 g/mol. The lowest BCUT2D eigenvalue weighted by atomic mass is 9.65. The number of alkyl halides is 3. The maximum atomic E-state index is 13.3. The van der Waals surface area contributed by atoms with Crippen LogP contribution in [0.3, 0.4) is 0 Å². The first-order chi connectivity index (χ1) is 19.2. The third-order valence-electron chi connectivity index (χ3n) is 7.68. The molecule has 10 nitrogen and oxygen atoms in total. The van der Waals surface area contributed by atoms with Crippen molar-refractivity contribution in [2.45, 2.75) is 64.4 Å². The normalized spacial score (nSPS) is 20.6. The van der Waals surface area contributed by atoms with Gasteiger partial charge in [0.25, 0.3) is 0 Å². The van der Waals surface area contributed by atoms with Crippen LogP contribution in [0, 0.1) is 16.7 Å². The van der Waals surface area contributed by atoms with Gasteiger partial charge < -0.3 is 20.1 Å². The van der Waals surface area contributed by atoms with E-state index in [4.69, 9.17) is 15.2 Å². The number of benzene rings is 1. The minimum Gasteiger partial charge on any atom is -0.496 e. The smallest absolute Gasteiger partial charge is 0.416 e. The van der Waals surface area contributed by atoms with Crippen molar-refractivity contribution in [1.82, 2.24) is 24.5 Å². The quantitative estimate of drug-likeness (QED) is 0.444. The van der Waals surface area contributed by atoms with Crippen molar-refractivity contribution < 1.29 is 27.4 Å². The molecule has 1 spiro atoms. The van der Waals surface area contributed by atoms with Gasteiger partial charge in [0.2, 0.25) is 0 Å². The number of ether oxygens (including phenoxy) is 2. The minimum atomic E-state index is -4.49. The summed E-state index contributed by atoms with van der Waals surface area (Å²) in [4.78, 5) is 14.3. The van der Waals surface area contributed by atoms with Gasteiger partial charge in [-0.3, -0.25) is 4.68 Å². The third kappa shape index (κ3) is 5.55. The molecule has 5 rings (SSSR count). The van der Waals surface area contributed by atoms with E-state index < -0.39 is 17.3 Å². The van der Waals surface area contributed by atoms with Gasteiger partial charge in [-0.25, -0.2) is 9.48 Å². The molecule has 1 aromatic carbocycles. The Morgan fingerprint density at radius 3 is 2.63 bits per heavy atom. The van der Waals surface area contributed by atoms with Crippen molar-refractivity contribution in [2.24, 2.45) is 5.41 Å². The molecule has 0 radical (unpaired) electrons. The number of likely N-dealkylation sites (tertiary alicyclic amines) is 1. The van der Waals surface area contributed by atoms with E-state index >= 15 is 0 Å². The number of anilines is 1. The van der Waals surface area contributed by atoms with E-state index in [2.05, 4.69) is 16.3 Å². The zero-order chi connectivity index (χ0) is 29.7. The van der Waals surface area contributed by atoms with Crippen molar-refractivity contribution in [3.8, 4) is 23.1 Å². The molecule has 13 heteroatoms. The molecule has 3 aromatic rings. The lowest BCUT2D eigenvalue weighted by molar-refractivity contribution is -0.137. The van der Waals surface area contributed by atoms with E-state index in [-0.39, 0.29) is 35.5 Å². The summed E-state index contributed by atoms with van der Waals surface area (Å²) in [5.41, 5.74) is 6.37. The fraction of sp³-hybridized carbons (Fsp3) is 0.500. The number of halogens is 3. The number of nitrogens with two attached hydrogens (primary N) is 1. The highest BCUT2D eigenvalue weighted by Crippen LogP contribution is 2.55. The second kappa shape index (κ2) is 10.0. The lowest BCUT2D eigenvalue weighted by Crippen LogP contribution is -2.43. The highest BCUT2D eigenvalue weighted by molar-refractivity contribution is 5.72. The SMILES string of the molecule is COc1ccc(C(F)(F)F)cc1Cn1cc(-c2nn([C@H]3C[C@@]4(CCN(C(=O)OC(C)(C)C)C4)C3)c(N)c2C#N)cn1. The Balaban J connectivity index is 1.32. The van der Waals surface area contributed by atoms with Crippen molar-refractivity contribution >= 4 is 11.9 Å². The molecule has 218 valence electrons. The number of nitriles is 1. The molecular weight excluding hydrogens is 539 g/mol. The zero-order valence-corrected chi connectivity index (χ0v) is 23.3. The van der Waals surface area contributed by atoms with E-state index in [1.54, 1.807) is 15.8 Å². The van der Waals surface area contributed by atoms with Crippen molar-refractivity contribution in [3.05, 3.63) is 47.3 Å². The van der Waals surface area contributed by atoms with Crippen LogP contribution in [-0.2, 0) is 17.5 Å². The van der Waals surface area contributed by atoms with Crippen LogP contribution in [-0.4, -0.2) is 56.4 Å². The average Bonchev–Trinajstić information content (AvgIpc) is 3.58. The number of methoxy groups -OCH3 is 1. The monoisotopic (exact) mass is 571 g/mol. The first kappa shape index (κ1) is 28.3. The van der Waals surface area contributed by atoms with Gasteiger partial charge in [0, 0.05) is 30.4 Å². The molecule has 41 heavy (non-hydrogen) atoms. The van der Waals surface area contributed by atoms with Crippen LogP contribution in [0.4, 0.5) is 23.8 Å². The number of carbonyl (C=O) groups excluding carboxylic acids is 1. The summed E-state index contributed by atoms with van der Waals surface area (Å²) in [6.45, 7) is 6.77. The second-order valence-corrected chi connectivity index (χ2v) is 11.8. The number of rotatable bonds is 5. The Bertz CT molecular complexity index is 1510. The van der Waals surface area contributed by atoms with Gasteiger partial charge in [0.1, 0.15) is 34.5 Å². The highest BCUT2D eigenvalue weighted by Gasteiger charge is 2.51. The number of carbonyl (C=O) groups is 1. The Morgan fingerprint density at radius 1 is 1.27 bits per heavy atom. The van der Waals surface area contributed by atoms with Crippen LogP contribution < -0.4 is 10.5 Å². The maximum Gasteiger partial charge on any atom is 0.416 e. The summed E-state index contributed by atoms with van der Waals surface area (Å²) >= 11 is 0. The van der Waals surface area contributed by atoms with E-state index in [1.165, 1.54) is 24.1 Å². The molecule has 0 bridgehead atoms. The predicted molar refractivity (Wildman–Crippen MR) is 143 cm³/mol. The molecule has 2 aromatic heterocycles. The first-order valence-corrected chi connectivity index (χ1v) is 13.2. The fourth-order valence-electron chi connectivity index (χ4n) is 5.73. The Hall–Kier alpha value is -4.21. The molecule has 1 aliphatic heterocycles. The Labute approximate surface area is 235 Å². The van der Waals surface area contributed by atoms with E-state index in [0.717, 1.165) is 31.4 Å². The third-order valence-corrected chi connectivity index (χ3v) is 7.68. The number of aromatic nitrogens is 4. The molecular formula is C28H32F3N7O3. The summed E-state index contributed by atoms with van der Waals surface area (Å²) in [5, 5.41) is 18.8. The van der Waals surface area contributed by atoms with Crippen molar-refractivity contribution in [3.63, 3.8) is 0 Å². The molecule has 2 aliphatic rings. The number of hydrogen-bond acceptors (Lipinski definition) is 7. The Kier molecular flexibility index (Phi) is 6.91. The maximum absolute atomic E-state index is 13.3. The van der Waals surface area contributed by atoms with Crippen LogP contribution in [0.25, 0.3) is 11.3 Å². The Morgan fingerprint density at radius 2 is 2.00 bits per heavy atom. The van der Waals surface area contributed by atoms with Crippen LogP contribution >= 0.6 is 0 Å². The van der Waals surface area contributed by atoms with Gasteiger partial charge in [-0.1, -0.05) is 0 Å². The first-order valence-electron chi connectivity index (χ1n) is 13.2. The molecule has 3 heterocycles. The van der Waals surface area contributed by atoms with E-state index in [9.17, 15) is 23.2 Å². The highest BCUT2D eigenvalue weighted by atomic mass is 19.4. The standard InChI is InChI=1S/C28H32F3N7O3/c1-26(2,3)41-25(39)36-8-7-27(16-36)10-20(11-27)38-24(33)21(12-32)23(35-38)18-13-34-37(15-18)14-17-9-19(28(29,30)31)5-6-22(17)40-4/h5-6,9,13,15,20H,7-8,10-11,14,16,33H2,1-4H3/t20-,27-. The number of hydrogen-bond donors (Lipinski definition) is 1. The zero-order valence-electron chi connectivity index (χ0n) is 23.3.